The lowest BCUT2D eigenvalue weighted by atomic mass is 9.83. The lowest BCUT2D eigenvalue weighted by molar-refractivity contribution is -0.0602. The lowest BCUT2D eigenvalue weighted by Gasteiger charge is -2.43. The summed E-state index contributed by atoms with van der Waals surface area (Å²) in [6.07, 6.45) is 0.923. The maximum atomic E-state index is 13.1. The second kappa shape index (κ2) is 9.16. The van der Waals surface area contributed by atoms with Crippen molar-refractivity contribution in [3.63, 3.8) is 0 Å². The third-order valence-electron chi connectivity index (χ3n) is 5.54. The molecule has 1 fully saturated rings. The molecule has 0 radical (unpaired) electrons. The Balaban J connectivity index is 1.77. The molecule has 0 aromatic heterocycles. The van der Waals surface area contributed by atoms with Crippen LogP contribution in [0.25, 0.3) is 0 Å². The van der Waals surface area contributed by atoms with Crippen LogP contribution >= 0.6 is 0 Å². The van der Waals surface area contributed by atoms with E-state index in [9.17, 15) is 4.79 Å². The van der Waals surface area contributed by atoms with Gasteiger partial charge in [-0.15, -0.1) is 0 Å². The molecule has 1 amide bonds. The minimum Gasteiger partial charge on any atom is -0.437 e. The average molecular weight is 420 g/mol. The normalized spacial score (nSPS) is 19.3. The molecule has 1 aliphatic rings. The van der Waals surface area contributed by atoms with Gasteiger partial charge in [-0.1, -0.05) is 54.6 Å². The van der Waals surface area contributed by atoms with Gasteiger partial charge >= 0.3 is 6.09 Å². The van der Waals surface area contributed by atoms with Crippen molar-refractivity contribution in [1.82, 2.24) is 4.90 Å². The molecule has 1 saturated heterocycles. The Hall–Kier alpha value is -3.41. The first-order valence-electron chi connectivity index (χ1n) is 10.3. The zero-order valence-corrected chi connectivity index (χ0v) is 18.3. The molecule has 2 aromatic rings. The van der Waals surface area contributed by atoms with Gasteiger partial charge in [0, 0.05) is 31.9 Å². The molecule has 3 rings (SSSR count). The number of hydrogen-bond donors (Lipinski definition) is 2. The lowest BCUT2D eigenvalue weighted by Crippen LogP contribution is -2.48. The first-order chi connectivity index (χ1) is 14.7. The highest BCUT2D eigenvalue weighted by Crippen LogP contribution is 2.41. The summed E-state index contributed by atoms with van der Waals surface area (Å²) in [4.78, 5) is 14.8. The number of ether oxygens (including phenoxy) is 2. The van der Waals surface area contributed by atoms with Crippen LogP contribution in [-0.4, -0.2) is 29.3 Å². The molecule has 1 heterocycles. The van der Waals surface area contributed by atoms with E-state index in [0.717, 1.165) is 16.7 Å². The van der Waals surface area contributed by atoms with Crippen molar-refractivity contribution < 1.29 is 14.3 Å². The van der Waals surface area contributed by atoms with Crippen LogP contribution in [0.3, 0.4) is 0 Å². The minimum atomic E-state index is -0.693. The van der Waals surface area contributed by atoms with Crippen LogP contribution < -0.4 is 0 Å². The number of nitrogens with zero attached hydrogens (tertiary/aromatic N) is 1. The van der Waals surface area contributed by atoms with E-state index >= 15 is 0 Å². The smallest absolute Gasteiger partial charge is 0.411 e. The summed E-state index contributed by atoms with van der Waals surface area (Å²) in [5.41, 5.74) is 2.78. The number of rotatable bonds is 6. The number of amides is 1. The Morgan fingerprint density at radius 1 is 1.16 bits per heavy atom. The van der Waals surface area contributed by atoms with E-state index in [1.807, 2.05) is 56.3 Å². The van der Waals surface area contributed by atoms with E-state index < -0.39 is 5.60 Å². The van der Waals surface area contributed by atoms with Crippen molar-refractivity contribution in [3.8, 4) is 0 Å². The molecule has 162 valence electrons. The fourth-order valence-corrected chi connectivity index (χ4v) is 3.99. The van der Waals surface area contributed by atoms with E-state index in [1.165, 1.54) is 6.92 Å². The highest BCUT2D eigenvalue weighted by Gasteiger charge is 2.43. The maximum absolute atomic E-state index is 13.1. The van der Waals surface area contributed by atoms with Crippen molar-refractivity contribution in [2.75, 3.05) is 6.54 Å². The van der Waals surface area contributed by atoms with Crippen molar-refractivity contribution in [1.29, 1.82) is 10.8 Å². The van der Waals surface area contributed by atoms with Gasteiger partial charge in [0.1, 0.15) is 5.60 Å². The summed E-state index contributed by atoms with van der Waals surface area (Å²) in [6, 6.07) is 17.0. The van der Waals surface area contributed by atoms with E-state index in [2.05, 4.69) is 6.58 Å². The molecule has 6 heteroatoms. The third kappa shape index (κ3) is 5.02. The van der Waals surface area contributed by atoms with Crippen molar-refractivity contribution in [3.05, 3.63) is 83.4 Å². The van der Waals surface area contributed by atoms with E-state index in [1.54, 1.807) is 17.0 Å². The van der Waals surface area contributed by atoms with Crippen LogP contribution in [0, 0.1) is 10.8 Å². The average Bonchev–Trinajstić information content (AvgIpc) is 2.73. The van der Waals surface area contributed by atoms with Crippen molar-refractivity contribution in [2.45, 2.75) is 45.3 Å². The highest BCUT2D eigenvalue weighted by molar-refractivity contribution is 5.98. The molecule has 31 heavy (non-hydrogen) atoms. The van der Waals surface area contributed by atoms with Crippen LogP contribution in [0.4, 0.5) is 4.79 Å². The Morgan fingerprint density at radius 2 is 1.81 bits per heavy atom. The zero-order chi connectivity index (χ0) is 22.6. The van der Waals surface area contributed by atoms with Crippen molar-refractivity contribution >= 4 is 17.9 Å². The number of nitrogens with one attached hydrogen (secondary N) is 2. The van der Waals surface area contributed by atoms with Gasteiger partial charge in [0.15, 0.2) is 5.90 Å². The van der Waals surface area contributed by atoms with Gasteiger partial charge in [0.2, 0.25) is 5.90 Å². The van der Waals surface area contributed by atoms with Crippen LogP contribution in [0.15, 0.2) is 66.7 Å². The van der Waals surface area contributed by atoms with Gasteiger partial charge in [-0.05, 0) is 37.1 Å². The predicted octanol–water partition coefficient (Wildman–Crippen LogP) is 5.79. The van der Waals surface area contributed by atoms with Gasteiger partial charge in [-0.3, -0.25) is 10.8 Å². The maximum Gasteiger partial charge on any atom is 0.411 e. The van der Waals surface area contributed by atoms with Gasteiger partial charge in [0.05, 0.1) is 6.04 Å². The predicted molar refractivity (Wildman–Crippen MR) is 122 cm³/mol. The number of benzene rings is 2. The molecule has 2 unspecified atom stereocenters. The Labute approximate surface area is 183 Å². The molecule has 0 aliphatic carbocycles. The summed E-state index contributed by atoms with van der Waals surface area (Å²) in [6.45, 7) is 10.0. The molecule has 0 saturated carbocycles. The Morgan fingerprint density at radius 3 is 2.35 bits per heavy atom. The first-order valence-corrected chi connectivity index (χ1v) is 10.3. The molecule has 2 aromatic carbocycles. The number of hydrogen-bond acceptors (Lipinski definition) is 5. The van der Waals surface area contributed by atoms with Crippen molar-refractivity contribution in [2.24, 2.45) is 0 Å². The number of carbonyl (C=O) groups is 1. The second-order valence-corrected chi connectivity index (χ2v) is 8.09. The summed E-state index contributed by atoms with van der Waals surface area (Å²) < 4.78 is 11.1. The van der Waals surface area contributed by atoms with Crippen LogP contribution in [-0.2, 0) is 15.1 Å². The summed E-state index contributed by atoms with van der Waals surface area (Å²) in [5, 5.41) is 15.2. The highest BCUT2D eigenvalue weighted by atomic mass is 16.6. The van der Waals surface area contributed by atoms with Crippen LogP contribution in [0.5, 0.6) is 0 Å². The Bertz CT molecular complexity index is 985. The molecule has 1 aliphatic heterocycles. The summed E-state index contributed by atoms with van der Waals surface area (Å²) in [7, 11) is 0. The third-order valence-corrected chi connectivity index (χ3v) is 5.54. The first kappa shape index (κ1) is 22.3. The molecular weight excluding hydrogens is 390 g/mol. The monoisotopic (exact) mass is 419 g/mol. The molecular formula is C25H29N3O3. The van der Waals surface area contributed by atoms with Gasteiger partial charge in [0.25, 0.3) is 0 Å². The van der Waals surface area contributed by atoms with Gasteiger partial charge in [-0.2, -0.15) is 0 Å². The molecule has 2 atom stereocenters. The summed E-state index contributed by atoms with van der Waals surface area (Å²) >= 11 is 0. The number of cyclic esters (lactones) is 1. The fraction of sp³-hybridized carbons (Fsp3) is 0.320. The summed E-state index contributed by atoms with van der Waals surface area (Å²) in [5.74, 6) is -0.105. The minimum absolute atomic E-state index is 0.0323. The standard InChI is InChI=1S/C25H29N3O3/c1-17(2)16-25(22-8-6-5-7-9-22)14-15-28(24(29)31-25)18(3)20-10-12-21(13-11-20)23(27)30-19(4)26/h5-13,18,26-27H,1,14-16H2,2-4H3. The second-order valence-electron chi connectivity index (χ2n) is 8.09. The molecule has 0 spiro atoms. The topological polar surface area (TPSA) is 86.5 Å². The van der Waals surface area contributed by atoms with E-state index in [4.69, 9.17) is 20.3 Å². The van der Waals surface area contributed by atoms with Crippen LogP contribution in [0.2, 0.25) is 0 Å². The molecule has 6 nitrogen and oxygen atoms in total. The quantitative estimate of drug-likeness (QED) is 0.353. The van der Waals surface area contributed by atoms with Gasteiger partial charge < -0.3 is 14.4 Å². The molecule has 0 bridgehead atoms. The van der Waals surface area contributed by atoms with Crippen LogP contribution in [0.1, 0.15) is 56.3 Å². The molecule has 2 N–H and O–H groups in total. The SMILES string of the molecule is C=C(C)CC1(c2ccccc2)CCN(C(C)c2ccc(C(=N)OC(C)=N)cc2)C(=O)O1. The fourth-order valence-electron chi connectivity index (χ4n) is 3.99. The van der Waals surface area contributed by atoms with Gasteiger partial charge in [-0.25, -0.2) is 4.79 Å². The van der Waals surface area contributed by atoms with E-state index in [0.29, 0.717) is 24.9 Å². The Kier molecular flexibility index (Phi) is 6.59. The number of carbonyl (C=O) groups excluding carboxylic acids is 1. The van der Waals surface area contributed by atoms with E-state index in [-0.39, 0.29) is 23.9 Å². The zero-order valence-electron chi connectivity index (χ0n) is 18.3. The largest absolute Gasteiger partial charge is 0.437 e.